The number of carbonyl (C=O) groups excluding carboxylic acids is 2. The van der Waals surface area contributed by atoms with Crippen molar-refractivity contribution in [3.05, 3.63) is 23.8 Å². The molecule has 1 aliphatic heterocycles. The third kappa shape index (κ3) is 4.54. The van der Waals surface area contributed by atoms with Crippen LogP contribution in [0.1, 0.15) is 48.9 Å². The smallest absolute Gasteiger partial charge is 0.255 e. The zero-order valence-electron chi connectivity index (χ0n) is 15.9. The van der Waals surface area contributed by atoms with Crippen LogP contribution in [0.5, 0.6) is 11.5 Å². The minimum absolute atomic E-state index is 0.0247. The van der Waals surface area contributed by atoms with Crippen molar-refractivity contribution >= 4 is 11.8 Å². The second-order valence-electron chi connectivity index (χ2n) is 7.93. The average molecular weight is 372 g/mol. The summed E-state index contributed by atoms with van der Waals surface area (Å²) in [6.07, 6.45) is 6.10. The molecule has 1 aromatic rings. The maximum absolute atomic E-state index is 12.6. The van der Waals surface area contributed by atoms with E-state index < -0.39 is 0 Å². The first-order valence-corrected chi connectivity index (χ1v) is 10.1. The number of benzene rings is 1. The third-order valence-corrected chi connectivity index (χ3v) is 5.65. The lowest BCUT2D eigenvalue weighted by Crippen LogP contribution is -2.42. The second kappa shape index (κ2) is 7.79. The lowest BCUT2D eigenvalue weighted by atomic mass is 10.1. The van der Waals surface area contributed by atoms with Crippen molar-refractivity contribution in [2.75, 3.05) is 26.7 Å². The molecule has 1 saturated heterocycles. The van der Waals surface area contributed by atoms with E-state index >= 15 is 0 Å². The van der Waals surface area contributed by atoms with Crippen molar-refractivity contribution in [1.82, 2.24) is 10.2 Å². The fraction of sp³-hybridized carbons (Fsp3) is 0.619. The first kappa shape index (κ1) is 18.1. The Morgan fingerprint density at radius 1 is 1.11 bits per heavy atom. The number of amides is 2. The summed E-state index contributed by atoms with van der Waals surface area (Å²) in [7, 11) is 1.59. The summed E-state index contributed by atoms with van der Waals surface area (Å²) in [6.45, 7) is 2.19. The topological polar surface area (TPSA) is 67.9 Å². The Labute approximate surface area is 160 Å². The number of nitrogens with one attached hydrogen (secondary N) is 1. The zero-order chi connectivity index (χ0) is 18.8. The van der Waals surface area contributed by atoms with Crippen LogP contribution < -0.4 is 14.8 Å². The maximum atomic E-state index is 12.6. The van der Waals surface area contributed by atoms with Crippen LogP contribution in [-0.4, -0.2) is 49.6 Å². The predicted octanol–water partition coefficient (Wildman–Crippen LogP) is 2.61. The highest BCUT2D eigenvalue weighted by atomic mass is 16.5. The van der Waals surface area contributed by atoms with Gasteiger partial charge < -0.3 is 19.7 Å². The highest BCUT2D eigenvalue weighted by Crippen LogP contribution is 2.33. The van der Waals surface area contributed by atoms with Gasteiger partial charge in [0.05, 0.1) is 12.7 Å². The summed E-state index contributed by atoms with van der Waals surface area (Å²) in [6, 6.07) is 5.37. The van der Waals surface area contributed by atoms with Gasteiger partial charge in [-0.15, -0.1) is 0 Å². The summed E-state index contributed by atoms with van der Waals surface area (Å²) >= 11 is 0. The molecule has 0 spiro atoms. The van der Waals surface area contributed by atoms with E-state index in [1.165, 1.54) is 12.8 Å². The third-order valence-electron chi connectivity index (χ3n) is 5.65. The Morgan fingerprint density at radius 2 is 1.85 bits per heavy atom. The Balaban J connectivity index is 1.38. The molecule has 2 aliphatic carbocycles. The van der Waals surface area contributed by atoms with E-state index in [9.17, 15) is 9.59 Å². The molecule has 2 saturated carbocycles. The van der Waals surface area contributed by atoms with Crippen LogP contribution in [0.3, 0.4) is 0 Å². The summed E-state index contributed by atoms with van der Waals surface area (Å²) in [5.41, 5.74) is 0.520. The number of piperidine rings is 1. The molecule has 0 unspecified atom stereocenters. The number of likely N-dealkylation sites (tertiary alicyclic amines) is 1. The fourth-order valence-electron chi connectivity index (χ4n) is 3.53. The number of hydrogen-bond acceptors (Lipinski definition) is 4. The molecular weight excluding hydrogens is 344 g/mol. The van der Waals surface area contributed by atoms with E-state index in [0.29, 0.717) is 28.9 Å². The molecule has 1 heterocycles. The number of carbonyl (C=O) groups is 2. The van der Waals surface area contributed by atoms with Crippen LogP contribution in [0.4, 0.5) is 0 Å². The number of nitrogens with zero attached hydrogens (tertiary/aromatic N) is 1. The standard InChI is InChI=1S/C21H28N2O4/c1-26-17-6-7-19(18(12-17)20(24)22-13-14-2-3-14)27-16-8-10-23(11-9-16)21(25)15-4-5-15/h6-7,12,14-16H,2-5,8-11,13H2,1H3,(H,22,24). The molecule has 1 N–H and O–H groups in total. The normalized spacial score (nSPS) is 20.3. The Kier molecular flexibility index (Phi) is 5.23. The Morgan fingerprint density at radius 3 is 2.48 bits per heavy atom. The van der Waals surface area contributed by atoms with E-state index in [1.54, 1.807) is 13.2 Å². The molecule has 146 valence electrons. The van der Waals surface area contributed by atoms with Crippen molar-refractivity contribution in [3.8, 4) is 11.5 Å². The molecule has 4 rings (SSSR count). The van der Waals surface area contributed by atoms with E-state index in [4.69, 9.17) is 9.47 Å². The van der Waals surface area contributed by atoms with Crippen molar-refractivity contribution in [2.45, 2.75) is 44.6 Å². The van der Waals surface area contributed by atoms with Crippen molar-refractivity contribution in [2.24, 2.45) is 11.8 Å². The van der Waals surface area contributed by atoms with Gasteiger partial charge in [-0.1, -0.05) is 0 Å². The van der Waals surface area contributed by atoms with Crippen LogP contribution in [0, 0.1) is 11.8 Å². The summed E-state index contributed by atoms with van der Waals surface area (Å²) < 4.78 is 11.5. The first-order chi connectivity index (χ1) is 13.1. The summed E-state index contributed by atoms with van der Waals surface area (Å²) in [5.74, 6) is 2.32. The van der Waals surface area contributed by atoms with Crippen molar-refractivity contribution < 1.29 is 19.1 Å². The summed E-state index contributed by atoms with van der Waals surface area (Å²) in [4.78, 5) is 26.8. The average Bonchev–Trinajstić information content (AvgIpc) is 3.60. The second-order valence-corrected chi connectivity index (χ2v) is 7.93. The van der Waals surface area contributed by atoms with Crippen LogP contribution in [0.25, 0.3) is 0 Å². The van der Waals surface area contributed by atoms with Crippen molar-refractivity contribution in [1.29, 1.82) is 0 Å². The van der Waals surface area contributed by atoms with Gasteiger partial charge in [0.25, 0.3) is 5.91 Å². The molecule has 0 bridgehead atoms. The highest BCUT2D eigenvalue weighted by molar-refractivity contribution is 5.97. The van der Waals surface area contributed by atoms with Gasteiger partial charge in [0, 0.05) is 38.4 Å². The van der Waals surface area contributed by atoms with Crippen LogP contribution in [0.15, 0.2) is 18.2 Å². The lowest BCUT2D eigenvalue weighted by Gasteiger charge is -2.32. The van der Waals surface area contributed by atoms with Gasteiger partial charge in [-0.2, -0.15) is 0 Å². The number of hydrogen-bond donors (Lipinski definition) is 1. The minimum atomic E-state index is -0.114. The van der Waals surface area contributed by atoms with Gasteiger partial charge in [0.2, 0.25) is 5.91 Å². The number of methoxy groups -OCH3 is 1. The van der Waals surface area contributed by atoms with Gasteiger partial charge >= 0.3 is 0 Å². The Bertz CT molecular complexity index is 704. The molecule has 1 aromatic carbocycles. The SMILES string of the molecule is COc1ccc(OC2CCN(C(=O)C3CC3)CC2)c(C(=O)NCC2CC2)c1. The van der Waals surface area contributed by atoms with E-state index in [-0.39, 0.29) is 17.9 Å². The van der Waals surface area contributed by atoms with Crippen LogP contribution in [-0.2, 0) is 4.79 Å². The largest absolute Gasteiger partial charge is 0.497 e. The minimum Gasteiger partial charge on any atom is -0.497 e. The van der Waals surface area contributed by atoms with Crippen LogP contribution in [0.2, 0.25) is 0 Å². The number of ether oxygens (including phenoxy) is 2. The molecule has 3 aliphatic rings. The van der Waals surface area contributed by atoms with E-state index in [2.05, 4.69) is 5.32 Å². The lowest BCUT2D eigenvalue weighted by molar-refractivity contribution is -0.134. The zero-order valence-corrected chi connectivity index (χ0v) is 15.9. The Hall–Kier alpha value is -2.24. The monoisotopic (exact) mass is 372 g/mol. The van der Waals surface area contributed by atoms with Crippen LogP contribution >= 0.6 is 0 Å². The van der Waals surface area contributed by atoms with Crippen molar-refractivity contribution in [3.63, 3.8) is 0 Å². The molecule has 0 aromatic heterocycles. The molecule has 6 nitrogen and oxygen atoms in total. The molecule has 0 radical (unpaired) electrons. The number of rotatable bonds is 7. The van der Waals surface area contributed by atoms with E-state index in [0.717, 1.165) is 45.3 Å². The van der Waals surface area contributed by atoms with E-state index in [1.807, 2.05) is 17.0 Å². The van der Waals surface area contributed by atoms with Gasteiger partial charge in [0.1, 0.15) is 17.6 Å². The van der Waals surface area contributed by atoms with Gasteiger partial charge in [-0.3, -0.25) is 9.59 Å². The van der Waals surface area contributed by atoms with Gasteiger partial charge in [0.15, 0.2) is 0 Å². The molecular formula is C21H28N2O4. The summed E-state index contributed by atoms with van der Waals surface area (Å²) in [5, 5.41) is 3.00. The first-order valence-electron chi connectivity index (χ1n) is 10.1. The molecule has 2 amide bonds. The molecule has 3 fully saturated rings. The predicted molar refractivity (Wildman–Crippen MR) is 101 cm³/mol. The quantitative estimate of drug-likeness (QED) is 0.799. The fourth-order valence-corrected chi connectivity index (χ4v) is 3.53. The molecule has 6 heteroatoms. The molecule has 27 heavy (non-hydrogen) atoms. The van der Waals surface area contributed by atoms with Gasteiger partial charge in [-0.05, 0) is 49.8 Å². The van der Waals surface area contributed by atoms with Gasteiger partial charge in [-0.25, -0.2) is 0 Å². The maximum Gasteiger partial charge on any atom is 0.255 e. The molecule has 0 atom stereocenters. The highest BCUT2D eigenvalue weighted by Gasteiger charge is 2.35.